The molecule has 4 aliphatic carbocycles. The van der Waals surface area contributed by atoms with Crippen LogP contribution in [0.5, 0.6) is 0 Å². The van der Waals surface area contributed by atoms with Crippen molar-refractivity contribution in [3.63, 3.8) is 0 Å². The van der Waals surface area contributed by atoms with Gasteiger partial charge in [0, 0.05) is 0 Å². The van der Waals surface area contributed by atoms with Crippen LogP contribution in [0.1, 0.15) is 58.8 Å². The molecule has 0 aromatic heterocycles. The summed E-state index contributed by atoms with van der Waals surface area (Å²) in [6, 6.07) is 0. The van der Waals surface area contributed by atoms with Crippen LogP contribution in [0.25, 0.3) is 0 Å². The van der Waals surface area contributed by atoms with Gasteiger partial charge in [0.05, 0.1) is 5.60 Å². The first kappa shape index (κ1) is 13.9. The number of hydrogen-bond acceptors (Lipinski definition) is 2. The van der Waals surface area contributed by atoms with E-state index in [1.165, 1.54) is 45.1 Å². The summed E-state index contributed by atoms with van der Waals surface area (Å²) in [6.45, 7) is 7.93. The van der Waals surface area contributed by atoms with Gasteiger partial charge in [-0.1, -0.05) is 13.8 Å². The van der Waals surface area contributed by atoms with Gasteiger partial charge in [-0.3, -0.25) is 0 Å². The van der Waals surface area contributed by atoms with Crippen molar-refractivity contribution in [1.82, 2.24) is 4.90 Å². The van der Waals surface area contributed by atoms with Crippen LogP contribution in [0.15, 0.2) is 0 Å². The first-order valence-electron chi connectivity index (χ1n) is 8.60. The smallest absolute Gasteiger partial charge is 0.0704 e. The minimum absolute atomic E-state index is 0.291. The maximum absolute atomic E-state index is 11.2. The Morgan fingerprint density at radius 2 is 1.47 bits per heavy atom. The van der Waals surface area contributed by atoms with E-state index in [4.69, 9.17) is 0 Å². The summed E-state index contributed by atoms with van der Waals surface area (Å²) in [5, 5.41) is 11.2. The Bertz CT molecular complexity index is 282. The number of hydrogen-bond donors (Lipinski definition) is 1. The molecule has 4 rings (SSSR count). The predicted octanol–water partition coefficient (Wildman–Crippen LogP) is 3.30. The van der Waals surface area contributed by atoms with Gasteiger partial charge in [-0.05, 0) is 88.3 Å². The van der Waals surface area contributed by atoms with Crippen molar-refractivity contribution in [1.29, 1.82) is 0 Å². The molecule has 0 atom stereocenters. The summed E-state index contributed by atoms with van der Waals surface area (Å²) in [6.07, 6.45) is 9.02. The monoisotopic (exact) mass is 265 g/mol. The van der Waals surface area contributed by atoms with E-state index in [2.05, 4.69) is 18.7 Å². The molecule has 1 N–H and O–H groups in total. The molecule has 0 amide bonds. The molecule has 4 aliphatic rings. The fourth-order valence-electron chi connectivity index (χ4n) is 5.53. The molecule has 2 nitrogen and oxygen atoms in total. The van der Waals surface area contributed by atoms with Gasteiger partial charge in [0.1, 0.15) is 0 Å². The van der Waals surface area contributed by atoms with Crippen molar-refractivity contribution in [2.45, 2.75) is 64.4 Å². The third-order valence-electron chi connectivity index (χ3n) is 6.50. The lowest BCUT2D eigenvalue weighted by Gasteiger charge is -2.59. The highest BCUT2D eigenvalue weighted by Gasteiger charge is 2.55. The number of aliphatic hydroxyl groups is 1. The van der Waals surface area contributed by atoms with E-state index in [0.717, 1.165) is 31.3 Å². The molecule has 0 aromatic carbocycles. The topological polar surface area (TPSA) is 23.5 Å². The normalized spacial score (nSPS) is 44.2. The Morgan fingerprint density at radius 3 is 1.95 bits per heavy atom. The molecule has 4 saturated carbocycles. The van der Waals surface area contributed by atoms with Gasteiger partial charge in [0.2, 0.25) is 0 Å². The molecule has 0 unspecified atom stereocenters. The van der Waals surface area contributed by atoms with Gasteiger partial charge in [-0.25, -0.2) is 0 Å². The van der Waals surface area contributed by atoms with E-state index in [9.17, 15) is 5.11 Å². The van der Waals surface area contributed by atoms with E-state index in [0.29, 0.717) is 11.8 Å². The van der Waals surface area contributed by atoms with Gasteiger partial charge in [-0.15, -0.1) is 0 Å². The number of nitrogens with zero attached hydrogens (tertiary/aromatic N) is 1. The molecule has 4 fully saturated rings. The molecule has 0 aliphatic heterocycles. The summed E-state index contributed by atoms with van der Waals surface area (Å²) >= 11 is 0. The fraction of sp³-hybridized carbons (Fsp3) is 1.00. The van der Waals surface area contributed by atoms with E-state index < -0.39 is 0 Å². The Kier molecular flexibility index (Phi) is 3.92. The first-order chi connectivity index (χ1) is 9.15. The van der Waals surface area contributed by atoms with Gasteiger partial charge in [0.15, 0.2) is 0 Å². The number of rotatable bonds is 6. The average Bonchev–Trinajstić information content (AvgIpc) is 2.40. The Labute approximate surface area is 118 Å². The van der Waals surface area contributed by atoms with E-state index in [1.54, 1.807) is 0 Å². The lowest BCUT2D eigenvalue weighted by molar-refractivity contribution is -0.177. The highest BCUT2D eigenvalue weighted by molar-refractivity contribution is 5.06. The van der Waals surface area contributed by atoms with Crippen LogP contribution in [0, 0.1) is 23.7 Å². The van der Waals surface area contributed by atoms with Crippen LogP contribution < -0.4 is 0 Å². The first-order valence-corrected chi connectivity index (χ1v) is 8.60. The predicted molar refractivity (Wildman–Crippen MR) is 79.0 cm³/mol. The molecule has 110 valence electrons. The summed E-state index contributed by atoms with van der Waals surface area (Å²) in [7, 11) is 0. The summed E-state index contributed by atoms with van der Waals surface area (Å²) in [5.74, 6) is 3.21. The van der Waals surface area contributed by atoms with Crippen LogP contribution >= 0.6 is 0 Å². The zero-order valence-electron chi connectivity index (χ0n) is 12.8. The average molecular weight is 265 g/mol. The molecule has 0 spiro atoms. The van der Waals surface area contributed by atoms with E-state index in [-0.39, 0.29) is 5.60 Å². The molecule has 0 heterocycles. The van der Waals surface area contributed by atoms with E-state index in [1.807, 2.05) is 0 Å². The lowest BCUT2D eigenvalue weighted by atomic mass is 9.49. The molecular weight excluding hydrogens is 234 g/mol. The van der Waals surface area contributed by atoms with E-state index >= 15 is 0 Å². The zero-order valence-corrected chi connectivity index (χ0v) is 12.8. The SMILES string of the molecule is CCN(CC)CCCC1(O)C2CC3CC(C2)CC1C3. The summed E-state index contributed by atoms with van der Waals surface area (Å²) < 4.78 is 0. The van der Waals surface area contributed by atoms with Gasteiger partial charge in [-0.2, -0.15) is 0 Å². The Balaban J connectivity index is 1.57. The zero-order chi connectivity index (χ0) is 13.5. The lowest BCUT2D eigenvalue weighted by Crippen LogP contribution is -2.57. The standard InChI is InChI=1S/C17H31NO/c1-3-18(4-2)7-5-6-17(19)15-9-13-8-14(11-15)12-16(17)10-13/h13-16,19H,3-12H2,1-2H3. The van der Waals surface area contributed by atoms with Crippen LogP contribution in [-0.2, 0) is 0 Å². The van der Waals surface area contributed by atoms with Crippen molar-refractivity contribution < 1.29 is 5.11 Å². The fourth-order valence-corrected chi connectivity index (χ4v) is 5.53. The second-order valence-electron chi connectivity index (χ2n) is 7.43. The summed E-state index contributed by atoms with van der Waals surface area (Å²) in [4.78, 5) is 2.49. The largest absolute Gasteiger partial charge is 0.389 e. The second-order valence-corrected chi connectivity index (χ2v) is 7.43. The van der Waals surface area contributed by atoms with Crippen molar-refractivity contribution in [2.24, 2.45) is 23.7 Å². The summed E-state index contributed by atoms with van der Waals surface area (Å²) in [5.41, 5.74) is -0.291. The molecule has 0 saturated heterocycles. The molecular formula is C17H31NO. The van der Waals surface area contributed by atoms with Crippen LogP contribution in [0.2, 0.25) is 0 Å². The highest BCUT2D eigenvalue weighted by Crippen LogP contribution is 2.59. The molecule has 2 heteroatoms. The minimum atomic E-state index is -0.291. The third kappa shape index (κ3) is 2.47. The highest BCUT2D eigenvalue weighted by atomic mass is 16.3. The second kappa shape index (κ2) is 5.37. The quantitative estimate of drug-likeness (QED) is 0.796. The van der Waals surface area contributed by atoms with Crippen molar-refractivity contribution in [2.75, 3.05) is 19.6 Å². The molecule has 0 aromatic rings. The van der Waals surface area contributed by atoms with Crippen LogP contribution in [0.3, 0.4) is 0 Å². The molecule has 4 bridgehead atoms. The minimum Gasteiger partial charge on any atom is -0.389 e. The van der Waals surface area contributed by atoms with Crippen molar-refractivity contribution in [3.8, 4) is 0 Å². The van der Waals surface area contributed by atoms with Gasteiger partial charge >= 0.3 is 0 Å². The maximum atomic E-state index is 11.2. The molecule has 0 radical (unpaired) electrons. The third-order valence-corrected chi connectivity index (χ3v) is 6.50. The van der Waals surface area contributed by atoms with Crippen molar-refractivity contribution in [3.05, 3.63) is 0 Å². The van der Waals surface area contributed by atoms with Crippen LogP contribution in [0.4, 0.5) is 0 Å². The van der Waals surface area contributed by atoms with Gasteiger partial charge < -0.3 is 10.0 Å². The Morgan fingerprint density at radius 1 is 0.947 bits per heavy atom. The van der Waals surface area contributed by atoms with Crippen molar-refractivity contribution >= 4 is 0 Å². The van der Waals surface area contributed by atoms with Crippen LogP contribution in [-0.4, -0.2) is 35.2 Å². The molecule has 19 heavy (non-hydrogen) atoms. The Hall–Kier alpha value is -0.0800. The van der Waals surface area contributed by atoms with Gasteiger partial charge in [0.25, 0.3) is 0 Å². The maximum Gasteiger partial charge on any atom is 0.0704 e.